The van der Waals surface area contributed by atoms with Gasteiger partial charge in [-0.2, -0.15) is 0 Å². The number of carbonyl (C=O) groups is 3. The predicted octanol–water partition coefficient (Wildman–Crippen LogP) is 6.07. The Morgan fingerprint density at radius 1 is 0.892 bits per heavy atom. The molecule has 0 aliphatic heterocycles. The van der Waals surface area contributed by atoms with Crippen LogP contribution in [0, 0.1) is 25.7 Å². The van der Waals surface area contributed by atoms with Crippen molar-refractivity contribution in [1.82, 2.24) is 15.5 Å². The third-order valence-electron chi connectivity index (χ3n) is 6.27. The molecule has 0 radical (unpaired) electrons. The van der Waals surface area contributed by atoms with Crippen molar-refractivity contribution in [3.8, 4) is 0 Å². The number of ether oxygens (including phenoxy) is 1. The highest BCUT2D eigenvalue weighted by molar-refractivity contribution is 5.93. The van der Waals surface area contributed by atoms with Gasteiger partial charge >= 0.3 is 6.09 Å². The van der Waals surface area contributed by atoms with Crippen molar-refractivity contribution < 1.29 is 19.1 Å². The van der Waals surface area contributed by atoms with E-state index in [-0.39, 0.29) is 29.8 Å². The van der Waals surface area contributed by atoms with Crippen LogP contribution in [-0.2, 0) is 14.3 Å². The summed E-state index contributed by atoms with van der Waals surface area (Å²) in [5.41, 5.74) is 2.01. The van der Waals surface area contributed by atoms with Crippen LogP contribution in [0.2, 0.25) is 0 Å². The molecule has 0 bridgehead atoms. The number of rotatable bonds is 11. The Kier molecular flexibility index (Phi) is 12.1. The van der Waals surface area contributed by atoms with E-state index in [1.54, 1.807) is 25.7 Å². The van der Waals surface area contributed by atoms with Gasteiger partial charge in [0, 0.05) is 12.1 Å². The van der Waals surface area contributed by atoms with Gasteiger partial charge < -0.3 is 20.3 Å². The number of benzene rings is 1. The summed E-state index contributed by atoms with van der Waals surface area (Å²) in [5.74, 6) is -0.282. The lowest BCUT2D eigenvalue weighted by molar-refractivity contribution is -0.146. The van der Waals surface area contributed by atoms with Gasteiger partial charge in [-0.1, -0.05) is 45.9 Å². The van der Waals surface area contributed by atoms with Crippen molar-refractivity contribution in [3.63, 3.8) is 0 Å². The van der Waals surface area contributed by atoms with Crippen molar-refractivity contribution >= 4 is 17.9 Å². The standard InChI is InChI=1S/C30H51N3O4/c1-18(2)16-17-23(9)33(28(35)25(19(3)4)32-29(36)37-30(10,11)12)26(27(34)31-20(5)6)24-21(7)14-13-15-22(24)8/h13-15,18-20,23,25-26H,16-17H2,1-12H3,(H,31,34)(H,32,36). The van der Waals surface area contributed by atoms with Gasteiger partial charge in [0.1, 0.15) is 17.7 Å². The molecule has 1 aromatic rings. The molecule has 0 saturated carbocycles. The molecule has 7 heteroatoms. The van der Waals surface area contributed by atoms with Gasteiger partial charge in [0.15, 0.2) is 0 Å². The fraction of sp³-hybridized carbons (Fsp3) is 0.700. The molecule has 0 aliphatic carbocycles. The SMILES string of the molecule is Cc1cccc(C)c1C(C(=O)NC(C)C)N(C(=O)C(NC(=O)OC(C)(C)C)C(C)C)C(C)CCC(C)C. The molecule has 0 heterocycles. The monoisotopic (exact) mass is 517 g/mol. The second-order valence-corrected chi connectivity index (χ2v) is 12.3. The summed E-state index contributed by atoms with van der Waals surface area (Å²) in [7, 11) is 0. The molecule has 3 atom stereocenters. The van der Waals surface area contributed by atoms with E-state index in [9.17, 15) is 14.4 Å². The number of nitrogens with zero attached hydrogens (tertiary/aromatic N) is 1. The minimum atomic E-state index is -0.852. The maximum atomic E-state index is 14.4. The fourth-order valence-electron chi connectivity index (χ4n) is 4.44. The third kappa shape index (κ3) is 10.0. The Morgan fingerprint density at radius 2 is 1.43 bits per heavy atom. The molecular formula is C30H51N3O4. The molecular weight excluding hydrogens is 466 g/mol. The first kappa shape index (κ1) is 32.5. The summed E-state index contributed by atoms with van der Waals surface area (Å²) < 4.78 is 5.47. The lowest BCUT2D eigenvalue weighted by Crippen LogP contribution is -2.57. The van der Waals surface area contributed by atoms with E-state index in [1.165, 1.54) is 0 Å². The Labute approximate surface area is 225 Å². The second kappa shape index (κ2) is 13.8. The van der Waals surface area contributed by atoms with Crippen LogP contribution >= 0.6 is 0 Å². The largest absolute Gasteiger partial charge is 0.444 e. The highest BCUT2D eigenvalue weighted by Crippen LogP contribution is 2.32. The van der Waals surface area contributed by atoms with Crippen LogP contribution in [0.25, 0.3) is 0 Å². The van der Waals surface area contributed by atoms with Crippen LogP contribution in [0.5, 0.6) is 0 Å². The highest BCUT2D eigenvalue weighted by Gasteiger charge is 2.41. The van der Waals surface area contributed by atoms with Crippen molar-refractivity contribution in [3.05, 3.63) is 34.9 Å². The van der Waals surface area contributed by atoms with E-state index >= 15 is 0 Å². The first-order valence-electron chi connectivity index (χ1n) is 13.6. The summed E-state index contributed by atoms with van der Waals surface area (Å²) >= 11 is 0. The molecule has 3 unspecified atom stereocenters. The van der Waals surface area contributed by atoms with E-state index in [2.05, 4.69) is 24.5 Å². The number of hydrogen-bond donors (Lipinski definition) is 2. The Balaban J connectivity index is 3.70. The summed E-state index contributed by atoms with van der Waals surface area (Å²) in [6, 6.07) is 3.88. The number of aryl methyl sites for hydroxylation is 2. The normalized spacial score (nSPS) is 14.4. The van der Waals surface area contributed by atoms with Gasteiger partial charge in [-0.3, -0.25) is 9.59 Å². The van der Waals surface area contributed by atoms with Crippen LogP contribution < -0.4 is 10.6 Å². The van der Waals surface area contributed by atoms with Crippen LogP contribution in [0.1, 0.15) is 105 Å². The van der Waals surface area contributed by atoms with E-state index < -0.39 is 23.8 Å². The number of nitrogens with one attached hydrogen (secondary N) is 2. The van der Waals surface area contributed by atoms with Crippen molar-refractivity contribution in [2.45, 2.75) is 126 Å². The zero-order valence-corrected chi connectivity index (χ0v) is 25.2. The van der Waals surface area contributed by atoms with Crippen molar-refractivity contribution in [2.75, 3.05) is 0 Å². The molecule has 37 heavy (non-hydrogen) atoms. The maximum Gasteiger partial charge on any atom is 0.408 e. The summed E-state index contributed by atoms with van der Waals surface area (Å²) in [4.78, 5) is 42.6. The zero-order valence-electron chi connectivity index (χ0n) is 25.2. The Bertz CT molecular complexity index is 898. The molecule has 3 amide bonds. The van der Waals surface area contributed by atoms with Crippen LogP contribution in [0.15, 0.2) is 18.2 Å². The molecule has 0 fully saturated rings. The lowest BCUT2D eigenvalue weighted by Gasteiger charge is -2.40. The molecule has 210 valence electrons. The quantitative estimate of drug-likeness (QED) is 0.373. The first-order chi connectivity index (χ1) is 17.0. The van der Waals surface area contributed by atoms with Crippen LogP contribution in [-0.4, -0.2) is 46.5 Å². The third-order valence-corrected chi connectivity index (χ3v) is 6.27. The molecule has 0 aliphatic rings. The van der Waals surface area contributed by atoms with Gasteiger partial charge in [0.25, 0.3) is 0 Å². The molecule has 7 nitrogen and oxygen atoms in total. The minimum Gasteiger partial charge on any atom is -0.444 e. The van der Waals surface area contributed by atoms with Gasteiger partial charge in [0.2, 0.25) is 11.8 Å². The van der Waals surface area contributed by atoms with Crippen LogP contribution in [0.3, 0.4) is 0 Å². The van der Waals surface area contributed by atoms with Crippen molar-refractivity contribution in [1.29, 1.82) is 0 Å². The van der Waals surface area contributed by atoms with Gasteiger partial charge in [0.05, 0.1) is 0 Å². The van der Waals surface area contributed by atoms with E-state index in [4.69, 9.17) is 4.74 Å². The van der Waals surface area contributed by atoms with E-state index in [1.807, 2.05) is 66.7 Å². The molecule has 0 aromatic heterocycles. The number of alkyl carbamates (subject to hydrolysis) is 1. The molecule has 0 saturated heterocycles. The van der Waals surface area contributed by atoms with E-state index in [0.29, 0.717) is 5.92 Å². The molecule has 2 N–H and O–H groups in total. The van der Waals surface area contributed by atoms with Crippen LogP contribution in [0.4, 0.5) is 4.79 Å². The summed E-state index contributed by atoms with van der Waals surface area (Å²) in [6.07, 6.45) is 0.989. The summed E-state index contributed by atoms with van der Waals surface area (Å²) in [6.45, 7) is 23.2. The zero-order chi connectivity index (χ0) is 28.7. The average Bonchev–Trinajstić information content (AvgIpc) is 2.72. The average molecular weight is 518 g/mol. The van der Waals surface area contributed by atoms with E-state index in [0.717, 1.165) is 29.5 Å². The molecule has 1 rings (SSSR count). The number of hydrogen-bond acceptors (Lipinski definition) is 4. The van der Waals surface area contributed by atoms with Crippen molar-refractivity contribution in [2.24, 2.45) is 11.8 Å². The second-order valence-electron chi connectivity index (χ2n) is 12.3. The van der Waals surface area contributed by atoms with Gasteiger partial charge in [-0.15, -0.1) is 0 Å². The van der Waals surface area contributed by atoms with Gasteiger partial charge in [-0.25, -0.2) is 4.79 Å². The molecule has 0 spiro atoms. The fourth-order valence-corrected chi connectivity index (χ4v) is 4.44. The topological polar surface area (TPSA) is 87.7 Å². The minimum absolute atomic E-state index is 0.0944. The maximum absolute atomic E-state index is 14.4. The van der Waals surface area contributed by atoms with Gasteiger partial charge in [-0.05, 0) is 96.8 Å². The highest BCUT2D eigenvalue weighted by atomic mass is 16.6. The number of carbonyl (C=O) groups excluding carboxylic acids is 3. The Morgan fingerprint density at radius 3 is 1.86 bits per heavy atom. The summed E-state index contributed by atoms with van der Waals surface area (Å²) in [5, 5.41) is 5.85. The Hall–Kier alpha value is -2.57. The smallest absolute Gasteiger partial charge is 0.408 e. The number of amides is 3. The molecule has 1 aromatic carbocycles. The lowest BCUT2D eigenvalue weighted by atomic mass is 9.90. The first-order valence-corrected chi connectivity index (χ1v) is 13.6. The predicted molar refractivity (Wildman–Crippen MR) is 150 cm³/mol.